The lowest BCUT2D eigenvalue weighted by atomic mass is 9.86. The van der Waals surface area contributed by atoms with E-state index in [1.165, 1.54) is 11.6 Å². The quantitative estimate of drug-likeness (QED) is 0.735. The Labute approximate surface area is 170 Å². The second-order valence-electron chi connectivity index (χ2n) is 7.69. The van der Waals surface area contributed by atoms with Gasteiger partial charge in [-0.05, 0) is 55.0 Å². The molecular weight excluding hydrogens is 371 g/mol. The summed E-state index contributed by atoms with van der Waals surface area (Å²) >= 11 is 0. The number of carbonyl (C=O) groups excluding carboxylic acids is 1. The molecule has 2 heterocycles. The molecule has 7 heteroatoms. The van der Waals surface area contributed by atoms with Crippen LogP contribution in [-0.2, 0) is 0 Å². The van der Waals surface area contributed by atoms with Crippen molar-refractivity contribution in [1.29, 1.82) is 0 Å². The number of methoxy groups -OCH3 is 1. The zero-order valence-electron chi connectivity index (χ0n) is 16.5. The van der Waals surface area contributed by atoms with Gasteiger partial charge in [0.05, 0.1) is 12.8 Å². The van der Waals surface area contributed by atoms with Crippen LogP contribution in [0.2, 0.25) is 0 Å². The predicted molar refractivity (Wildman–Crippen MR) is 110 cm³/mol. The van der Waals surface area contributed by atoms with Crippen LogP contribution in [0.5, 0.6) is 5.75 Å². The zero-order chi connectivity index (χ0) is 20.2. The van der Waals surface area contributed by atoms with Crippen molar-refractivity contribution in [3.63, 3.8) is 0 Å². The Morgan fingerprint density at radius 3 is 2.69 bits per heavy atom. The Morgan fingerprint density at radius 2 is 1.93 bits per heavy atom. The van der Waals surface area contributed by atoms with Crippen molar-refractivity contribution in [2.24, 2.45) is 5.92 Å². The van der Waals surface area contributed by atoms with Gasteiger partial charge in [0.2, 0.25) is 0 Å². The van der Waals surface area contributed by atoms with Gasteiger partial charge in [-0.25, -0.2) is 9.18 Å². The number of rotatable bonds is 4. The number of carbonyl (C=O) groups is 1. The Balaban J connectivity index is 1.28. The molecule has 0 bridgehead atoms. The number of hydrogen-bond acceptors (Lipinski definition) is 4. The maximum absolute atomic E-state index is 13.8. The molecular formula is C22H27FN4O2. The van der Waals surface area contributed by atoms with E-state index in [9.17, 15) is 9.18 Å². The molecule has 4 rings (SSSR count). The molecule has 2 atom stereocenters. The number of hydrogen-bond donors (Lipinski definition) is 3. The first-order valence-corrected chi connectivity index (χ1v) is 10.1. The number of urea groups is 1. The third-order valence-corrected chi connectivity index (χ3v) is 5.94. The monoisotopic (exact) mass is 398 g/mol. The van der Waals surface area contributed by atoms with Crippen LogP contribution in [0.15, 0.2) is 48.5 Å². The third-order valence-electron chi connectivity index (χ3n) is 5.94. The number of halogens is 1. The first-order valence-electron chi connectivity index (χ1n) is 10.1. The van der Waals surface area contributed by atoms with Crippen molar-refractivity contribution < 1.29 is 13.9 Å². The predicted octanol–water partition coefficient (Wildman–Crippen LogP) is 3.69. The van der Waals surface area contributed by atoms with Gasteiger partial charge in [0.15, 0.2) is 0 Å². The third kappa shape index (κ3) is 4.52. The fourth-order valence-corrected chi connectivity index (χ4v) is 4.23. The Kier molecular flexibility index (Phi) is 5.97. The fourth-order valence-electron chi connectivity index (χ4n) is 4.23. The molecule has 2 unspecified atom stereocenters. The molecule has 2 saturated heterocycles. The minimum Gasteiger partial charge on any atom is -0.497 e. The van der Waals surface area contributed by atoms with E-state index in [0.717, 1.165) is 25.0 Å². The minimum absolute atomic E-state index is 0.224. The Morgan fingerprint density at radius 1 is 1.14 bits per heavy atom. The number of amides is 2. The molecule has 2 aromatic carbocycles. The lowest BCUT2D eigenvalue weighted by Crippen LogP contribution is -2.45. The highest BCUT2D eigenvalue weighted by molar-refractivity contribution is 5.89. The van der Waals surface area contributed by atoms with Crippen molar-refractivity contribution in [3.05, 3.63) is 59.9 Å². The van der Waals surface area contributed by atoms with Crippen LogP contribution < -0.4 is 20.9 Å². The Hall–Kier alpha value is -2.64. The van der Waals surface area contributed by atoms with Gasteiger partial charge in [0, 0.05) is 25.2 Å². The van der Waals surface area contributed by atoms with Gasteiger partial charge in [-0.1, -0.05) is 24.3 Å². The van der Waals surface area contributed by atoms with Crippen LogP contribution in [0, 0.1) is 11.7 Å². The first-order chi connectivity index (χ1) is 14.1. The standard InChI is InChI=1S/C22H27FN4O2/c1-29-17-6-4-5-16(13-17)21-14-20(25-26-21)15-9-11-27(12-10-15)22(28)24-19-8-3-2-7-18(19)23/h2-8,13,15,20-21,25-26H,9-12,14H2,1H3,(H,24,28). The largest absolute Gasteiger partial charge is 0.497 e. The van der Waals surface area contributed by atoms with Crippen molar-refractivity contribution in [1.82, 2.24) is 15.8 Å². The number of piperidine rings is 1. The van der Waals surface area contributed by atoms with E-state index in [1.807, 2.05) is 12.1 Å². The highest BCUT2D eigenvalue weighted by Gasteiger charge is 2.34. The summed E-state index contributed by atoms with van der Waals surface area (Å²) in [6.45, 7) is 1.35. The van der Waals surface area contributed by atoms with Gasteiger partial charge < -0.3 is 15.0 Å². The van der Waals surface area contributed by atoms with Gasteiger partial charge in [-0.2, -0.15) is 0 Å². The lowest BCUT2D eigenvalue weighted by molar-refractivity contribution is 0.169. The average molecular weight is 398 g/mol. The second-order valence-corrected chi connectivity index (χ2v) is 7.69. The van der Waals surface area contributed by atoms with Gasteiger partial charge in [0.1, 0.15) is 11.6 Å². The normalized spacial score (nSPS) is 22.5. The van der Waals surface area contributed by atoms with Crippen LogP contribution in [0.25, 0.3) is 0 Å². The van der Waals surface area contributed by atoms with E-state index in [4.69, 9.17) is 4.74 Å². The van der Waals surface area contributed by atoms with E-state index < -0.39 is 5.82 Å². The molecule has 2 aliphatic rings. The van der Waals surface area contributed by atoms with Crippen LogP contribution in [0.3, 0.4) is 0 Å². The highest BCUT2D eigenvalue weighted by Crippen LogP contribution is 2.31. The number of nitrogens with zero attached hydrogens (tertiary/aromatic N) is 1. The van der Waals surface area contributed by atoms with E-state index in [0.29, 0.717) is 25.0 Å². The van der Waals surface area contributed by atoms with Crippen LogP contribution >= 0.6 is 0 Å². The van der Waals surface area contributed by atoms with Crippen molar-refractivity contribution in [2.75, 3.05) is 25.5 Å². The highest BCUT2D eigenvalue weighted by atomic mass is 19.1. The summed E-state index contributed by atoms with van der Waals surface area (Å²) in [6.07, 6.45) is 2.85. The summed E-state index contributed by atoms with van der Waals surface area (Å²) in [7, 11) is 1.68. The smallest absolute Gasteiger partial charge is 0.321 e. The topological polar surface area (TPSA) is 65.6 Å². The summed E-state index contributed by atoms with van der Waals surface area (Å²) < 4.78 is 19.1. The molecule has 0 aromatic heterocycles. The zero-order valence-corrected chi connectivity index (χ0v) is 16.5. The molecule has 2 amide bonds. The molecule has 154 valence electrons. The average Bonchev–Trinajstić information content (AvgIpc) is 3.26. The van der Waals surface area contributed by atoms with Gasteiger partial charge >= 0.3 is 6.03 Å². The molecule has 0 radical (unpaired) electrons. The molecule has 3 N–H and O–H groups in total. The number of anilines is 1. The number of nitrogens with one attached hydrogen (secondary N) is 3. The maximum atomic E-state index is 13.8. The molecule has 0 aliphatic carbocycles. The maximum Gasteiger partial charge on any atom is 0.321 e. The van der Waals surface area contributed by atoms with Crippen molar-refractivity contribution >= 4 is 11.7 Å². The number of hydrazine groups is 1. The summed E-state index contributed by atoms with van der Waals surface area (Å²) in [5, 5.41) is 2.68. The van der Waals surface area contributed by atoms with E-state index >= 15 is 0 Å². The van der Waals surface area contributed by atoms with E-state index in [2.05, 4.69) is 28.3 Å². The van der Waals surface area contributed by atoms with Gasteiger partial charge in [-0.3, -0.25) is 10.9 Å². The number of likely N-dealkylation sites (tertiary alicyclic amines) is 1. The molecule has 2 aromatic rings. The van der Waals surface area contributed by atoms with Crippen LogP contribution in [-0.4, -0.2) is 37.2 Å². The number of para-hydroxylation sites is 1. The van der Waals surface area contributed by atoms with E-state index in [-0.39, 0.29) is 17.8 Å². The fraction of sp³-hybridized carbons (Fsp3) is 0.409. The molecule has 29 heavy (non-hydrogen) atoms. The van der Waals surface area contributed by atoms with Gasteiger partial charge in [-0.15, -0.1) is 0 Å². The van der Waals surface area contributed by atoms with Crippen LogP contribution in [0.4, 0.5) is 14.9 Å². The summed E-state index contributed by atoms with van der Waals surface area (Å²) in [6, 6.07) is 14.8. The number of ether oxygens (including phenoxy) is 1. The molecule has 6 nitrogen and oxygen atoms in total. The summed E-state index contributed by atoms with van der Waals surface area (Å²) in [5.41, 5.74) is 8.28. The summed E-state index contributed by atoms with van der Waals surface area (Å²) in [4.78, 5) is 14.2. The molecule has 2 fully saturated rings. The second kappa shape index (κ2) is 8.80. The Bertz CT molecular complexity index is 854. The molecule has 2 aliphatic heterocycles. The minimum atomic E-state index is -0.416. The van der Waals surface area contributed by atoms with Crippen LogP contribution in [0.1, 0.15) is 30.9 Å². The number of benzene rings is 2. The summed E-state index contributed by atoms with van der Waals surface area (Å²) in [5.74, 6) is 0.943. The first kappa shape index (κ1) is 19.7. The van der Waals surface area contributed by atoms with Gasteiger partial charge in [0.25, 0.3) is 0 Å². The van der Waals surface area contributed by atoms with E-state index in [1.54, 1.807) is 30.2 Å². The van der Waals surface area contributed by atoms with Crippen molar-refractivity contribution in [3.8, 4) is 5.75 Å². The lowest BCUT2D eigenvalue weighted by Gasteiger charge is -2.34. The molecule has 0 saturated carbocycles. The molecule has 0 spiro atoms. The SMILES string of the molecule is COc1cccc(C2CC(C3CCN(C(=O)Nc4ccccc4F)CC3)NN2)c1. The van der Waals surface area contributed by atoms with Crippen molar-refractivity contribution in [2.45, 2.75) is 31.3 Å².